The van der Waals surface area contributed by atoms with E-state index >= 15 is 0 Å². The van der Waals surface area contributed by atoms with Crippen molar-refractivity contribution in [2.45, 2.75) is 51.2 Å². The Labute approximate surface area is 127 Å². The van der Waals surface area contributed by atoms with Gasteiger partial charge in [-0.15, -0.1) is 0 Å². The van der Waals surface area contributed by atoms with Crippen molar-refractivity contribution in [1.82, 2.24) is 4.90 Å². The average molecular weight is 297 g/mol. The van der Waals surface area contributed by atoms with Gasteiger partial charge < -0.3 is 10.5 Å². The molecular weight excluding hydrogens is 272 g/mol. The molecule has 1 aromatic carbocycles. The second-order valence-electron chi connectivity index (χ2n) is 5.79. The number of methoxy groups -OCH3 is 1. The molecule has 0 amide bonds. The summed E-state index contributed by atoms with van der Waals surface area (Å²) in [6.45, 7) is 5.49. The number of nitrogens with two attached hydrogens (primary N) is 1. The Morgan fingerprint density at radius 1 is 1.35 bits per heavy atom. The Hall–Kier alpha value is -0.770. The third-order valence-electron chi connectivity index (χ3n) is 4.16. The van der Waals surface area contributed by atoms with Gasteiger partial charge in [-0.05, 0) is 45.4 Å². The number of benzene rings is 1. The summed E-state index contributed by atoms with van der Waals surface area (Å²) >= 11 is 6.47. The van der Waals surface area contributed by atoms with E-state index in [1.54, 1.807) is 7.11 Å². The van der Waals surface area contributed by atoms with Crippen LogP contribution in [0.2, 0.25) is 5.02 Å². The zero-order chi connectivity index (χ0) is 14.7. The molecule has 0 aliphatic carbocycles. The number of ether oxygens (including phenoxy) is 1. The summed E-state index contributed by atoms with van der Waals surface area (Å²) in [5, 5.41) is 0.748. The predicted octanol–water partition coefficient (Wildman–Crippen LogP) is 3.61. The summed E-state index contributed by atoms with van der Waals surface area (Å²) in [5.74, 6) is 0.838. The molecule has 1 saturated heterocycles. The minimum Gasteiger partial charge on any atom is -0.496 e. The van der Waals surface area contributed by atoms with Crippen LogP contribution in [0.3, 0.4) is 0 Å². The molecule has 1 aromatic rings. The van der Waals surface area contributed by atoms with E-state index in [2.05, 4.69) is 18.7 Å². The van der Waals surface area contributed by atoms with E-state index < -0.39 is 0 Å². The molecule has 2 rings (SSSR count). The molecule has 0 spiro atoms. The summed E-state index contributed by atoms with van der Waals surface area (Å²) < 4.78 is 5.53. The highest BCUT2D eigenvalue weighted by molar-refractivity contribution is 6.31. The average Bonchev–Trinajstić information content (AvgIpc) is 2.60. The molecule has 1 heterocycles. The van der Waals surface area contributed by atoms with Crippen LogP contribution in [0.5, 0.6) is 5.75 Å². The molecule has 3 nitrogen and oxygen atoms in total. The van der Waals surface area contributed by atoms with Crippen LogP contribution < -0.4 is 10.5 Å². The second kappa shape index (κ2) is 6.79. The van der Waals surface area contributed by atoms with Crippen molar-refractivity contribution >= 4 is 11.6 Å². The molecule has 0 bridgehead atoms. The molecule has 1 aliphatic heterocycles. The zero-order valence-electron chi connectivity index (χ0n) is 12.6. The maximum absolute atomic E-state index is 6.48. The Balaban J connectivity index is 2.49. The largest absolute Gasteiger partial charge is 0.496 e. The van der Waals surface area contributed by atoms with Crippen LogP contribution in [0, 0.1) is 0 Å². The molecular formula is C16H25ClN2O. The van der Waals surface area contributed by atoms with Crippen molar-refractivity contribution in [2.24, 2.45) is 5.73 Å². The van der Waals surface area contributed by atoms with Gasteiger partial charge in [-0.3, -0.25) is 4.90 Å². The van der Waals surface area contributed by atoms with Gasteiger partial charge in [-0.2, -0.15) is 0 Å². The van der Waals surface area contributed by atoms with Gasteiger partial charge in [0.05, 0.1) is 13.2 Å². The van der Waals surface area contributed by atoms with Gasteiger partial charge >= 0.3 is 0 Å². The van der Waals surface area contributed by atoms with Gasteiger partial charge in [0.15, 0.2) is 0 Å². The number of hydrogen-bond donors (Lipinski definition) is 1. The third-order valence-corrected chi connectivity index (χ3v) is 4.49. The molecule has 112 valence electrons. The van der Waals surface area contributed by atoms with Crippen LogP contribution in [0.1, 0.15) is 44.7 Å². The topological polar surface area (TPSA) is 38.5 Å². The summed E-state index contributed by atoms with van der Waals surface area (Å²) in [6, 6.07) is 6.47. The van der Waals surface area contributed by atoms with E-state index in [1.165, 1.54) is 12.8 Å². The fourth-order valence-electron chi connectivity index (χ4n) is 3.16. The minimum absolute atomic E-state index is 0.0914. The number of hydrogen-bond acceptors (Lipinski definition) is 3. The summed E-state index contributed by atoms with van der Waals surface area (Å²) in [5.41, 5.74) is 7.52. The van der Waals surface area contributed by atoms with Gasteiger partial charge in [-0.25, -0.2) is 0 Å². The van der Waals surface area contributed by atoms with Crippen molar-refractivity contribution in [1.29, 1.82) is 0 Å². The fourth-order valence-corrected chi connectivity index (χ4v) is 3.44. The lowest BCUT2D eigenvalue weighted by atomic mass is 9.94. The quantitative estimate of drug-likeness (QED) is 0.926. The Morgan fingerprint density at radius 2 is 2.10 bits per heavy atom. The third kappa shape index (κ3) is 3.11. The highest BCUT2D eigenvalue weighted by atomic mass is 35.5. The van der Waals surface area contributed by atoms with E-state index in [-0.39, 0.29) is 12.1 Å². The SMILES string of the molecule is COc1cccc(Cl)c1C1C(N)CCCCN1C(C)C. The molecule has 1 fully saturated rings. The van der Waals surface area contributed by atoms with Crippen molar-refractivity contribution in [3.05, 3.63) is 28.8 Å². The first-order valence-electron chi connectivity index (χ1n) is 7.40. The van der Waals surface area contributed by atoms with Crippen LogP contribution in [0.4, 0.5) is 0 Å². The maximum atomic E-state index is 6.48. The normalized spacial score (nSPS) is 24.7. The number of rotatable bonds is 3. The van der Waals surface area contributed by atoms with Gasteiger partial charge in [-0.1, -0.05) is 24.1 Å². The summed E-state index contributed by atoms with van der Waals surface area (Å²) in [7, 11) is 1.69. The fraction of sp³-hybridized carbons (Fsp3) is 0.625. The first-order valence-corrected chi connectivity index (χ1v) is 7.77. The molecule has 20 heavy (non-hydrogen) atoms. The Morgan fingerprint density at radius 3 is 2.75 bits per heavy atom. The van der Waals surface area contributed by atoms with Gasteiger partial charge in [0.25, 0.3) is 0 Å². The lowest BCUT2D eigenvalue weighted by Gasteiger charge is -2.37. The van der Waals surface area contributed by atoms with Crippen molar-refractivity contribution in [3.8, 4) is 5.75 Å². The van der Waals surface area contributed by atoms with Gasteiger partial charge in [0, 0.05) is 22.7 Å². The molecule has 1 aliphatic rings. The summed E-state index contributed by atoms with van der Waals surface area (Å²) in [6.07, 6.45) is 3.39. The lowest BCUT2D eigenvalue weighted by Crippen LogP contribution is -2.43. The molecule has 0 saturated carbocycles. The summed E-state index contributed by atoms with van der Waals surface area (Å²) in [4.78, 5) is 2.46. The minimum atomic E-state index is 0.0914. The second-order valence-corrected chi connectivity index (χ2v) is 6.20. The van der Waals surface area contributed by atoms with E-state index in [4.69, 9.17) is 22.1 Å². The van der Waals surface area contributed by atoms with E-state index in [1.807, 2.05) is 18.2 Å². The molecule has 0 aromatic heterocycles. The molecule has 2 atom stereocenters. The van der Waals surface area contributed by atoms with Crippen LogP contribution in [0.25, 0.3) is 0 Å². The lowest BCUT2D eigenvalue weighted by molar-refractivity contribution is 0.141. The first kappa shape index (κ1) is 15.6. The maximum Gasteiger partial charge on any atom is 0.125 e. The van der Waals surface area contributed by atoms with E-state index in [0.29, 0.717) is 6.04 Å². The van der Waals surface area contributed by atoms with Crippen molar-refractivity contribution in [3.63, 3.8) is 0 Å². The van der Waals surface area contributed by atoms with Crippen molar-refractivity contribution < 1.29 is 4.74 Å². The van der Waals surface area contributed by atoms with Gasteiger partial charge in [0.2, 0.25) is 0 Å². The molecule has 4 heteroatoms. The smallest absolute Gasteiger partial charge is 0.125 e. The highest BCUT2D eigenvalue weighted by Crippen LogP contribution is 2.40. The van der Waals surface area contributed by atoms with E-state index in [9.17, 15) is 0 Å². The molecule has 0 radical (unpaired) electrons. The van der Waals surface area contributed by atoms with E-state index in [0.717, 1.165) is 29.3 Å². The van der Waals surface area contributed by atoms with Crippen molar-refractivity contribution in [2.75, 3.05) is 13.7 Å². The standard InChI is InChI=1S/C16H25ClN2O/c1-11(2)19-10-5-4-8-13(18)16(19)15-12(17)7-6-9-14(15)20-3/h6-7,9,11,13,16H,4-5,8,10,18H2,1-3H3. The Bertz CT molecular complexity index is 450. The monoisotopic (exact) mass is 296 g/mol. The highest BCUT2D eigenvalue weighted by Gasteiger charge is 2.33. The van der Waals surface area contributed by atoms with Crippen LogP contribution in [-0.4, -0.2) is 30.6 Å². The first-order chi connectivity index (χ1) is 9.56. The number of likely N-dealkylation sites (tertiary alicyclic amines) is 1. The van der Waals surface area contributed by atoms with Crippen LogP contribution in [0.15, 0.2) is 18.2 Å². The van der Waals surface area contributed by atoms with Crippen LogP contribution >= 0.6 is 11.6 Å². The number of halogens is 1. The predicted molar refractivity (Wildman–Crippen MR) is 84.4 cm³/mol. The Kier molecular flexibility index (Phi) is 5.30. The zero-order valence-corrected chi connectivity index (χ0v) is 13.4. The van der Waals surface area contributed by atoms with Crippen LogP contribution in [-0.2, 0) is 0 Å². The number of nitrogens with zero attached hydrogens (tertiary/aromatic N) is 1. The molecule has 2 unspecified atom stereocenters. The van der Waals surface area contributed by atoms with Gasteiger partial charge in [0.1, 0.15) is 5.75 Å². The molecule has 2 N–H and O–H groups in total.